The first-order valence-electron chi connectivity index (χ1n) is 36.4. The molecule has 0 radical (unpaired) electrons. The van der Waals surface area contributed by atoms with Gasteiger partial charge in [-0.2, -0.15) is 0 Å². The smallest absolute Gasteiger partial charge is 0.306 e. The molecule has 0 aliphatic rings. The van der Waals surface area contributed by atoms with Gasteiger partial charge in [0, 0.05) is 19.3 Å². The monoisotopic (exact) mass is 1160 g/mol. The Kier molecular flexibility index (Phi) is 68.6. The Morgan fingerprint density at radius 2 is 0.470 bits per heavy atom. The van der Waals surface area contributed by atoms with E-state index in [1.165, 1.54) is 238 Å². The summed E-state index contributed by atoms with van der Waals surface area (Å²) in [6.07, 6.45) is 93.6. The minimum Gasteiger partial charge on any atom is -0.462 e. The Labute approximate surface area is 516 Å². The van der Waals surface area contributed by atoms with Crippen molar-refractivity contribution < 1.29 is 28.6 Å². The van der Waals surface area contributed by atoms with Gasteiger partial charge in [0.15, 0.2) is 6.10 Å². The van der Waals surface area contributed by atoms with Crippen LogP contribution in [0.1, 0.15) is 380 Å². The number of carbonyl (C=O) groups is 3. The van der Waals surface area contributed by atoms with E-state index in [4.69, 9.17) is 14.2 Å². The van der Waals surface area contributed by atoms with Crippen molar-refractivity contribution in [1.29, 1.82) is 0 Å². The average Bonchev–Trinajstić information content (AvgIpc) is 3.50. The van der Waals surface area contributed by atoms with E-state index in [-0.39, 0.29) is 31.1 Å². The molecule has 1 atom stereocenters. The van der Waals surface area contributed by atoms with E-state index < -0.39 is 6.10 Å². The van der Waals surface area contributed by atoms with Gasteiger partial charge < -0.3 is 14.2 Å². The number of rotatable bonds is 67. The highest BCUT2D eigenvalue weighted by Gasteiger charge is 2.19. The number of allylic oxidation sites excluding steroid dienone is 12. The number of esters is 3. The minimum atomic E-state index is -0.786. The number of carbonyl (C=O) groups excluding carboxylic acids is 3. The lowest BCUT2D eigenvalue weighted by atomic mass is 10.0. The van der Waals surface area contributed by atoms with Crippen molar-refractivity contribution in [1.82, 2.24) is 0 Å². The fourth-order valence-corrected chi connectivity index (χ4v) is 10.8. The highest BCUT2D eigenvalue weighted by molar-refractivity contribution is 5.71. The van der Waals surface area contributed by atoms with Crippen molar-refractivity contribution >= 4 is 17.9 Å². The second kappa shape index (κ2) is 71.3. The first-order valence-corrected chi connectivity index (χ1v) is 36.4. The average molecular weight is 1160 g/mol. The Bertz CT molecular complexity index is 1520. The highest BCUT2D eigenvalue weighted by atomic mass is 16.6. The maximum absolute atomic E-state index is 13.0. The lowest BCUT2D eigenvalue weighted by Gasteiger charge is -2.18. The van der Waals surface area contributed by atoms with Gasteiger partial charge in [0.05, 0.1) is 0 Å². The predicted molar refractivity (Wildman–Crippen MR) is 362 cm³/mol. The van der Waals surface area contributed by atoms with Crippen LogP contribution in [0.3, 0.4) is 0 Å². The number of unbranched alkanes of at least 4 members (excludes halogenated alkanes) is 44. The molecular formula is C77H138O6. The molecule has 0 saturated carbocycles. The molecule has 6 nitrogen and oxygen atoms in total. The molecule has 0 aliphatic heterocycles. The van der Waals surface area contributed by atoms with Gasteiger partial charge in [0.2, 0.25) is 0 Å². The Hall–Kier alpha value is -3.15. The fraction of sp³-hybridized carbons (Fsp3) is 0.805. The van der Waals surface area contributed by atoms with E-state index in [1.54, 1.807) is 0 Å². The van der Waals surface area contributed by atoms with E-state index in [0.29, 0.717) is 19.3 Å². The molecule has 0 aromatic rings. The zero-order chi connectivity index (χ0) is 59.9. The Morgan fingerprint density at radius 1 is 0.253 bits per heavy atom. The molecule has 0 aliphatic carbocycles. The van der Waals surface area contributed by atoms with Crippen LogP contribution in [0.2, 0.25) is 0 Å². The van der Waals surface area contributed by atoms with Crippen molar-refractivity contribution in [2.24, 2.45) is 0 Å². The molecule has 0 amide bonds. The van der Waals surface area contributed by atoms with Gasteiger partial charge >= 0.3 is 17.9 Å². The summed E-state index contributed by atoms with van der Waals surface area (Å²) in [4.78, 5) is 38.5. The minimum absolute atomic E-state index is 0.0792. The zero-order valence-corrected chi connectivity index (χ0v) is 55.5. The molecule has 1 unspecified atom stereocenters. The standard InChI is InChI=1S/C77H138O6/c1-4-7-10-13-16-19-22-25-28-31-34-35-36-37-38-39-40-41-44-46-49-52-55-58-61-64-67-70-76(79)82-73-74(83-77(80)71-68-65-62-59-56-53-50-47-43-33-30-27-24-21-18-15-12-9-6-3)72-81-75(78)69-66-63-60-57-54-51-48-45-42-32-29-26-23-20-17-14-11-8-5-2/h9,12,17-18,20-21,26-27,29-30,43,47,74H,4-8,10-11,13-16,19,22-25,28,31-42,44-46,48-73H2,1-3H3/b12-9-,20-17-,21-18-,29-26-,30-27-,47-43-. The topological polar surface area (TPSA) is 78.9 Å². The molecule has 0 N–H and O–H groups in total. The molecule has 0 rings (SSSR count). The summed E-state index contributed by atoms with van der Waals surface area (Å²) in [5.74, 6) is -0.875. The summed E-state index contributed by atoms with van der Waals surface area (Å²) < 4.78 is 17.0. The SMILES string of the molecule is CC/C=C\C/C=C\C/C=C\C/C=C\CCCCCCCCC(=O)OC(COC(=O)CCCCCCCCCCC/C=C\C/C=C\CCCCC)COC(=O)CCCCCCCCCCCCCCCCCCCCCCCCCCCCC. The predicted octanol–water partition coefficient (Wildman–Crippen LogP) is 25.2. The summed E-state index contributed by atoms with van der Waals surface area (Å²) in [7, 11) is 0. The van der Waals surface area contributed by atoms with Gasteiger partial charge in [-0.15, -0.1) is 0 Å². The molecule has 0 aromatic carbocycles. The highest BCUT2D eigenvalue weighted by Crippen LogP contribution is 2.18. The van der Waals surface area contributed by atoms with Crippen LogP contribution in [0.25, 0.3) is 0 Å². The van der Waals surface area contributed by atoms with Gasteiger partial charge in [0.1, 0.15) is 13.2 Å². The van der Waals surface area contributed by atoms with Crippen LogP contribution in [0.15, 0.2) is 72.9 Å². The normalized spacial score (nSPS) is 12.5. The van der Waals surface area contributed by atoms with Crippen LogP contribution < -0.4 is 0 Å². The van der Waals surface area contributed by atoms with Crippen LogP contribution in [0, 0.1) is 0 Å². The molecule has 0 fully saturated rings. The van der Waals surface area contributed by atoms with E-state index in [0.717, 1.165) is 103 Å². The van der Waals surface area contributed by atoms with Crippen molar-refractivity contribution in [3.8, 4) is 0 Å². The van der Waals surface area contributed by atoms with Crippen molar-refractivity contribution in [2.75, 3.05) is 13.2 Å². The molecule has 0 aromatic heterocycles. The summed E-state index contributed by atoms with van der Waals surface area (Å²) in [6, 6.07) is 0. The molecule has 482 valence electrons. The van der Waals surface area contributed by atoms with Crippen molar-refractivity contribution in [3.05, 3.63) is 72.9 Å². The zero-order valence-electron chi connectivity index (χ0n) is 55.5. The van der Waals surface area contributed by atoms with Crippen LogP contribution in [-0.4, -0.2) is 37.2 Å². The molecular weight excluding hydrogens is 1020 g/mol. The lowest BCUT2D eigenvalue weighted by molar-refractivity contribution is -0.167. The van der Waals surface area contributed by atoms with Crippen LogP contribution >= 0.6 is 0 Å². The summed E-state index contributed by atoms with van der Waals surface area (Å²) >= 11 is 0. The van der Waals surface area contributed by atoms with Gasteiger partial charge in [-0.05, 0) is 89.9 Å². The van der Waals surface area contributed by atoms with E-state index in [1.807, 2.05) is 0 Å². The fourth-order valence-electron chi connectivity index (χ4n) is 10.8. The first-order chi connectivity index (χ1) is 41.0. The Balaban J connectivity index is 4.30. The maximum atomic E-state index is 13.0. The molecule has 0 bridgehead atoms. The summed E-state index contributed by atoms with van der Waals surface area (Å²) in [5.41, 5.74) is 0. The second-order valence-electron chi connectivity index (χ2n) is 24.5. The third-order valence-corrected chi connectivity index (χ3v) is 16.2. The van der Waals surface area contributed by atoms with Crippen molar-refractivity contribution in [2.45, 2.75) is 386 Å². The van der Waals surface area contributed by atoms with E-state index >= 15 is 0 Å². The first kappa shape index (κ1) is 79.8. The summed E-state index contributed by atoms with van der Waals surface area (Å²) in [5, 5.41) is 0. The maximum Gasteiger partial charge on any atom is 0.306 e. The quantitative estimate of drug-likeness (QED) is 0.0261. The number of hydrogen-bond donors (Lipinski definition) is 0. The molecule has 0 spiro atoms. The largest absolute Gasteiger partial charge is 0.462 e. The second-order valence-corrected chi connectivity index (χ2v) is 24.5. The van der Waals surface area contributed by atoms with Gasteiger partial charge in [-0.3, -0.25) is 14.4 Å². The molecule has 83 heavy (non-hydrogen) atoms. The van der Waals surface area contributed by atoms with E-state index in [2.05, 4.69) is 93.7 Å². The van der Waals surface area contributed by atoms with Crippen LogP contribution in [0.5, 0.6) is 0 Å². The van der Waals surface area contributed by atoms with Gasteiger partial charge in [-0.1, -0.05) is 344 Å². The van der Waals surface area contributed by atoms with Gasteiger partial charge in [-0.25, -0.2) is 0 Å². The molecule has 0 heterocycles. The van der Waals surface area contributed by atoms with E-state index in [9.17, 15) is 14.4 Å². The lowest BCUT2D eigenvalue weighted by Crippen LogP contribution is -2.30. The van der Waals surface area contributed by atoms with Gasteiger partial charge in [0.25, 0.3) is 0 Å². The third-order valence-electron chi connectivity index (χ3n) is 16.2. The third kappa shape index (κ3) is 69.5. The number of ether oxygens (including phenoxy) is 3. The molecule has 6 heteroatoms. The number of hydrogen-bond acceptors (Lipinski definition) is 6. The Morgan fingerprint density at radius 3 is 0.759 bits per heavy atom. The van der Waals surface area contributed by atoms with Crippen LogP contribution in [-0.2, 0) is 28.6 Å². The van der Waals surface area contributed by atoms with Crippen LogP contribution in [0.4, 0.5) is 0 Å². The summed E-state index contributed by atoms with van der Waals surface area (Å²) in [6.45, 7) is 6.55. The molecule has 0 saturated heterocycles. The van der Waals surface area contributed by atoms with Crippen molar-refractivity contribution in [3.63, 3.8) is 0 Å².